The van der Waals surface area contributed by atoms with Crippen LogP contribution in [0, 0.1) is 5.92 Å². The van der Waals surface area contributed by atoms with E-state index in [1.54, 1.807) is 0 Å². The normalized spacial score (nSPS) is 16.9. The lowest BCUT2D eigenvalue weighted by molar-refractivity contribution is -0.118. The van der Waals surface area contributed by atoms with Crippen LogP contribution in [0.1, 0.15) is 59.6 Å². The first kappa shape index (κ1) is 16.1. The van der Waals surface area contributed by atoms with Crippen LogP contribution in [0.5, 0.6) is 0 Å². The zero-order valence-corrected chi connectivity index (χ0v) is 12.2. The molecule has 1 aliphatic rings. The topological polar surface area (TPSA) is 123 Å². The Morgan fingerprint density at radius 3 is 2.41 bits per heavy atom. The number of furan rings is 1. The van der Waals surface area contributed by atoms with Gasteiger partial charge in [0.15, 0.2) is 5.76 Å². The number of carboxylic acid groups (broad SMARTS) is 1. The Morgan fingerprint density at radius 1 is 1.23 bits per heavy atom. The van der Waals surface area contributed by atoms with E-state index in [4.69, 9.17) is 15.3 Å². The zero-order valence-electron chi connectivity index (χ0n) is 12.2. The molecule has 1 atom stereocenters. The summed E-state index contributed by atoms with van der Waals surface area (Å²) >= 11 is 0. The van der Waals surface area contributed by atoms with Gasteiger partial charge < -0.3 is 20.6 Å². The van der Waals surface area contributed by atoms with Gasteiger partial charge >= 0.3 is 5.97 Å². The van der Waals surface area contributed by atoms with E-state index in [0.29, 0.717) is 0 Å². The minimum absolute atomic E-state index is 0.0723. The van der Waals surface area contributed by atoms with Crippen molar-refractivity contribution < 1.29 is 23.9 Å². The van der Waals surface area contributed by atoms with Crippen molar-refractivity contribution in [1.82, 2.24) is 5.32 Å². The lowest BCUT2D eigenvalue weighted by Gasteiger charge is -2.30. The first-order valence-corrected chi connectivity index (χ1v) is 7.39. The van der Waals surface area contributed by atoms with Crippen molar-refractivity contribution in [1.29, 1.82) is 0 Å². The van der Waals surface area contributed by atoms with Gasteiger partial charge in [0.2, 0.25) is 11.7 Å². The van der Waals surface area contributed by atoms with Crippen LogP contribution in [-0.4, -0.2) is 28.9 Å². The Kier molecular flexibility index (Phi) is 5.19. The molecule has 1 aliphatic carbocycles. The van der Waals surface area contributed by atoms with Gasteiger partial charge in [-0.1, -0.05) is 19.3 Å². The number of aromatic carboxylic acids is 1. The number of hydrogen-bond donors (Lipinski definition) is 3. The Morgan fingerprint density at radius 2 is 1.86 bits per heavy atom. The lowest BCUT2D eigenvalue weighted by Crippen LogP contribution is -2.43. The Balaban J connectivity index is 2.05. The highest BCUT2D eigenvalue weighted by Gasteiger charge is 2.28. The summed E-state index contributed by atoms with van der Waals surface area (Å²) in [6.45, 7) is 0. The quantitative estimate of drug-likeness (QED) is 0.735. The fourth-order valence-corrected chi connectivity index (χ4v) is 2.90. The molecule has 0 spiro atoms. The van der Waals surface area contributed by atoms with Gasteiger partial charge in [0.25, 0.3) is 5.91 Å². The smallest absolute Gasteiger partial charge is 0.371 e. The molecular formula is C15H20N2O5. The van der Waals surface area contributed by atoms with Crippen molar-refractivity contribution in [2.45, 2.75) is 44.6 Å². The number of hydrogen-bond acceptors (Lipinski definition) is 4. The third kappa shape index (κ3) is 4.09. The number of nitrogens with one attached hydrogen (secondary N) is 1. The molecule has 4 N–H and O–H groups in total. The zero-order chi connectivity index (χ0) is 16.1. The summed E-state index contributed by atoms with van der Waals surface area (Å²) in [7, 11) is 0. The second-order valence-electron chi connectivity index (χ2n) is 5.62. The van der Waals surface area contributed by atoms with Crippen molar-refractivity contribution in [3.05, 3.63) is 23.7 Å². The Hall–Kier alpha value is -2.31. The number of primary amides is 1. The molecule has 22 heavy (non-hydrogen) atoms. The Bertz CT molecular complexity index is 560. The number of carbonyl (C=O) groups excluding carboxylic acids is 2. The molecule has 1 aromatic rings. The maximum absolute atomic E-state index is 12.2. The van der Waals surface area contributed by atoms with Gasteiger partial charge in [0, 0.05) is 12.5 Å². The molecule has 0 saturated heterocycles. The molecule has 120 valence electrons. The van der Waals surface area contributed by atoms with Gasteiger partial charge in [-0.15, -0.1) is 0 Å². The molecule has 7 heteroatoms. The van der Waals surface area contributed by atoms with Gasteiger partial charge in [0.1, 0.15) is 0 Å². The molecule has 2 amide bonds. The van der Waals surface area contributed by atoms with Gasteiger partial charge in [0.05, 0.1) is 0 Å². The monoisotopic (exact) mass is 308 g/mol. The summed E-state index contributed by atoms with van der Waals surface area (Å²) in [6, 6.07) is 2.19. The summed E-state index contributed by atoms with van der Waals surface area (Å²) in [6.07, 6.45) is 5.25. The molecule has 0 aliphatic heterocycles. The predicted octanol–water partition coefficient (Wildman–Crippen LogP) is 1.53. The summed E-state index contributed by atoms with van der Waals surface area (Å²) in [5.41, 5.74) is 5.27. The van der Waals surface area contributed by atoms with E-state index in [2.05, 4.69) is 5.32 Å². The van der Waals surface area contributed by atoms with Gasteiger partial charge in [-0.05, 0) is 30.9 Å². The average molecular weight is 308 g/mol. The number of rotatable bonds is 6. The van der Waals surface area contributed by atoms with Crippen LogP contribution in [0.3, 0.4) is 0 Å². The summed E-state index contributed by atoms with van der Waals surface area (Å²) in [5, 5.41) is 11.6. The van der Waals surface area contributed by atoms with Crippen molar-refractivity contribution in [3.8, 4) is 0 Å². The summed E-state index contributed by atoms with van der Waals surface area (Å²) in [4.78, 5) is 34.2. The van der Waals surface area contributed by atoms with E-state index in [9.17, 15) is 14.4 Å². The Labute approximate surface area is 127 Å². The van der Waals surface area contributed by atoms with Crippen LogP contribution in [-0.2, 0) is 4.79 Å². The minimum Gasteiger partial charge on any atom is -0.475 e. The van der Waals surface area contributed by atoms with Crippen LogP contribution in [0.4, 0.5) is 0 Å². The molecule has 7 nitrogen and oxygen atoms in total. The largest absolute Gasteiger partial charge is 0.475 e. The van der Waals surface area contributed by atoms with E-state index in [-0.39, 0.29) is 29.9 Å². The van der Waals surface area contributed by atoms with E-state index >= 15 is 0 Å². The van der Waals surface area contributed by atoms with Crippen molar-refractivity contribution >= 4 is 17.8 Å². The molecule has 0 bridgehead atoms. The van der Waals surface area contributed by atoms with Gasteiger partial charge in [-0.25, -0.2) is 4.79 Å². The fraction of sp³-hybridized carbons (Fsp3) is 0.533. The predicted molar refractivity (Wildman–Crippen MR) is 77.3 cm³/mol. The SMILES string of the molecule is NC(=O)CC(NC(=O)c1ccc(C(=O)O)o1)C1CCCCC1. The third-order valence-corrected chi connectivity index (χ3v) is 4.00. The summed E-state index contributed by atoms with van der Waals surface area (Å²) in [5.74, 6) is -2.40. The molecule has 0 aromatic carbocycles. The van der Waals surface area contributed by atoms with Crippen LogP contribution in [0.25, 0.3) is 0 Å². The second kappa shape index (κ2) is 7.11. The van der Waals surface area contributed by atoms with Crippen molar-refractivity contribution in [3.63, 3.8) is 0 Å². The molecule has 1 fully saturated rings. The van der Waals surface area contributed by atoms with E-state index < -0.39 is 17.8 Å². The summed E-state index contributed by atoms with van der Waals surface area (Å²) < 4.78 is 4.97. The highest BCUT2D eigenvalue weighted by molar-refractivity contribution is 5.94. The molecular weight excluding hydrogens is 288 g/mol. The van der Waals surface area contributed by atoms with Gasteiger partial charge in [-0.3, -0.25) is 9.59 Å². The number of carboxylic acids is 1. The third-order valence-electron chi connectivity index (χ3n) is 4.00. The number of nitrogens with two attached hydrogens (primary N) is 1. The molecule has 2 rings (SSSR count). The standard InChI is InChI=1S/C15H20N2O5/c16-13(18)8-10(9-4-2-1-3-5-9)17-14(19)11-6-7-12(22-11)15(20)21/h6-7,9-10H,1-5,8H2,(H2,16,18)(H,17,19)(H,20,21). The molecule has 0 radical (unpaired) electrons. The second-order valence-corrected chi connectivity index (χ2v) is 5.62. The number of amides is 2. The number of carbonyl (C=O) groups is 3. The van der Waals surface area contributed by atoms with Crippen LogP contribution in [0.2, 0.25) is 0 Å². The van der Waals surface area contributed by atoms with Crippen molar-refractivity contribution in [2.24, 2.45) is 11.7 Å². The highest BCUT2D eigenvalue weighted by Crippen LogP contribution is 2.28. The molecule has 1 unspecified atom stereocenters. The first-order valence-electron chi connectivity index (χ1n) is 7.39. The molecule has 1 heterocycles. The van der Waals surface area contributed by atoms with Gasteiger partial charge in [-0.2, -0.15) is 0 Å². The maximum Gasteiger partial charge on any atom is 0.371 e. The van der Waals surface area contributed by atoms with E-state index in [1.807, 2.05) is 0 Å². The fourth-order valence-electron chi connectivity index (χ4n) is 2.90. The van der Waals surface area contributed by atoms with E-state index in [1.165, 1.54) is 12.1 Å². The van der Waals surface area contributed by atoms with Crippen LogP contribution in [0.15, 0.2) is 16.5 Å². The highest BCUT2D eigenvalue weighted by atomic mass is 16.4. The molecule has 1 saturated carbocycles. The lowest BCUT2D eigenvalue weighted by atomic mass is 9.82. The minimum atomic E-state index is -1.24. The first-order chi connectivity index (χ1) is 10.5. The maximum atomic E-state index is 12.2. The van der Waals surface area contributed by atoms with Crippen molar-refractivity contribution in [2.75, 3.05) is 0 Å². The average Bonchev–Trinajstić information content (AvgIpc) is 2.97. The van der Waals surface area contributed by atoms with Crippen LogP contribution >= 0.6 is 0 Å². The van der Waals surface area contributed by atoms with E-state index in [0.717, 1.165) is 32.1 Å². The molecule has 1 aromatic heterocycles. The van der Waals surface area contributed by atoms with Crippen LogP contribution < -0.4 is 11.1 Å².